The largest absolute Gasteiger partial charge is 0.469 e. The molecule has 20 heavy (non-hydrogen) atoms. The third-order valence-electron chi connectivity index (χ3n) is 3.92. The predicted molar refractivity (Wildman–Crippen MR) is 76.3 cm³/mol. The summed E-state index contributed by atoms with van der Waals surface area (Å²) in [5.74, 6) is -0.290. The number of ether oxygens (including phenoxy) is 1. The standard InChI is InChI=1S/C16H21NO3/c1-11-6-4-5-7-13(11)16(8-9-16)15(19)17-12(2)10-14(18)20-3/h4-7,12H,8-10H2,1-3H3,(H,17,19)/t12-/m0/s1. The first kappa shape index (κ1) is 14.6. The molecule has 1 aromatic carbocycles. The third kappa shape index (κ3) is 2.84. The lowest BCUT2D eigenvalue weighted by molar-refractivity contribution is -0.141. The van der Waals surface area contributed by atoms with Crippen molar-refractivity contribution in [3.63, 3.8) is 0 Å². The molecule has 1 aromatic rings. The quantitative estimate of drug-likeness (QED) is 0.837. The zero-order chi connectivity index (χ0) is 14.8. The van der Waals surface area contributed by atoms with Gasteiger partial charge in [0.05, 0.1) is 18.9 Å². The van der Waals surface area contributed by atoms with E-state index < -0.39 is 5.41 Å². The zero-order valence-electron chi connectivity index (χ0n) is 12.2. The first-order valence-corrected chi connectivity index (χ1v) is 6.93. The van der Waals surface area contributed by atoms with Gasteiger partial charge in [0.2, 0.25) is 5.91 Å². The van der Waals surface area contributed by atoms with E-state index in [1.54, 1.807) is 0 Å². The fourth-order valence-electron chi connectivity index (χ4n) is 2.60. The fraction of sp³-hybridized carbons (Fsp3) is 0.500. The Labute approximate surface area is 119 Å². The molecular weight excluding hydrogens is 254 g/mol. The van der Waals surface area contributed by atoms with E-state index in [0.29, 0.717) is 0 Å². The first-order valence-electron chi connectivity index (χ1n) is 6.93. The van der Waals surface area contributed by atoms with Gasteiger partial charge in [0.25, 0.3) is 0 Å². The highest BCUT2D eigenvalue weighted by Gasteiger charge is 2.52. The van der Waals surface area contributed by atoms with Crippen molar-refractivity contribution in [1.82, 2.24) is 5.32 Å². The number of methoxy groups -OCH3 is 1. The van der Waals surface area contributed by atoms with Crippen molar-refractivity contribution in [3.05, 3.63) is 35.4 Å². The maximum absolute atomic E-state index is 12.5. The van der Waals surface area contributed by atoms with Crippen molar-refractivity contribution in [1.29, 1.82) is 0 Å². The van der Waals surface area contributed by atoms with Crippen LogP contribution in [-0.4, -0.2) is 25.0 Å². The zero-order valence-corrected chi connectivity index (χ0v) is 12.2. The van der Waals surface area contributed by atoms with E-state index in [1.165, 1.54) is 7.11 Å². The van der Waals surface area contributed by atoms with E-state index in [0.717, 1.165) is 24.0 Å². The Morgan fingerprint density at radius 1 is 1.35 bits per heavy atom. The van der Waals surface area contributed by atoms with Crippen molar-refractivity contribution < 1.29 is 14.3 Å². The van der Waals surface area contributed by atoms with Crippen LogP contribution in [0.15, 0.2) is 24.3 Å². The molecule has 0 radical (unpaired) electrons. The summed E-state index contributed by atoms with van der Waals surface area (Å²) in [5, 5.41) is 2.93. The summed E-state index contributed by atoms with van der Waals surface area (Å²) < 4.78 is 4.62. The number of carbonyl (C=O) groups is 2. The Morgan fingerprint density at radius 3 is 2.55 bits per heavy atom. The predicted octanol–water partition coefficient (Wildman–Crippen LogP) is 2.09. The first-order chi connectivity index (χ1) is 9.49. The van der Waals surface area contributed by atoms with Gasteiger partial charge in [0, 0.05) is 6.04 Å². The number of hydrogen-bond acceptors (Lipinski definition) is 3. The van der Waals surface area contributed by atoms with Crippen molar-refractivity contribution in [2.24, 2.45) is 0 Å². The number of benzene rings is 1. The average Bonchev–Trinajstić information content (AvgIpc) is 3.20. The Kier molecular flexibility index (Phi) is 4.12. The van der Waals surface area contributed by atoms with Gasteiger partial charge in [0.1, 0.15) is 0 Å². The Bertz CT molecular complexity index is 520. The van der Waals surface area contributed by atoms with Crippen LogP contribution in [0.5, 0.6) is 0 Å². The SMILES string of the molecule is COC(=O)C[C@H](C)NC(=O)C1(c2ccccc2C)CC1. The lowest BCUT2D eigenvalue weighted by Crippen LogP contribution is -2.41. The van der Waals surface area contributed by atoms with E-state index in [9.17, 15) is 9.59 Å². The Balaban J connectivity index is 2.06. The van der Waals surface area contributed by atoms with Crippen LogP contribution >= 0.6 is 0 Å². The molecule has 1 amide bonds. The minimum atomic E-state index is -0.393. The van der Waals surface area contributed by atoms with Crippen molar-refractivity contribution in [2.45, 2.75) is 44.6 Å². The molecule has 0 bridgehead atoms. The second-order valence-electron chi connectivity index (χ2n) is 5.55. The number of carbonyl (C=O) groups excluding carboxylic acids is 2. The van der Waals surface area contributed by atoms with Crippen molar-refractivity contribution in [2.75, 3.05) is 7.11 Å². The number of amides is 1. The van der Waals surface area contributed by atoms with Gasteiger partial charge in [0.15, 0.2) is 0 Å². The Morgan fingerprint density at radius 2 is 2.00 bits per heavy atom. The molecule has 1 atom stereocenters. The van der Waals surface area contributed by atoms with Crippen LogP contribution in [0.3, 0.4) is 0 Å². The molecule has 2 rings (SSSR count). The molecule has 1 aliphatic rings. The van der Waals surface area contributed by atoms with E-state index >= 15 is 0 Å². The summed E-state index contributed by atoms with van der Waals surface area (Å²) in [7, 11) is 1.35. The molecule has 4 nitrogen and oxygen atoms in total. The number of hydrogen-bond donors (Lipinski definition) is 1. The molecule has 0 saturated heterocycles. The maximum Gasteiger partial charge on any atom is 0.307 e. The number of esters is 1. The average molecular weight is 275 g/mol. The summed E-state index contributed by atoms with van der Waals surface area (Å²) in [6.07, 6.45) is 1.94. The van der Waals surface area contributed by atoms with Crippen LogP contribution in [0.1, 0.15) is 37.3 Å². The van der Waals surface area contributed by atoms with Crippen LogP contribution in [0, 0.1) is 6.92 Å². The number of rotatable bonds is 5. The van der Waals surface area contributed by atoms with Crippen molar-refractivity contribution >= 4 is 11.9 Å². The summed E-state index contributed by atoms with van der Waals surface area (Å²) >= 11 is 0. The Hall–Kier alpha value is -1.84. The molecule has 0 unspecified atom stereocenters. The van der Waals surface area contributed by atoms with E-state index in [2.05, 4.69) is 10.1 Å². The molecule has 0 aliphatic heterocycles. The van der Waals surface area contributed by atoms with Gasteiger partial charge in [-0.3, -0.25) is 9.59 Å². The van der Waals surface area contributed by atoms with Crippen LogP contribution in [0.25, 0.3) is 0 Å². The topological polar surface area (TPSA) is 55.4 Å². The molecule has 1 fully saturated rings. The van der Waals surface area contributed by atoms with Gasteiger partial charge in [-0.2, -0.15) is 0 Å². The summed E-state index contributed by atoms with van der Waals surface area (Å²) in [5.41, 5.74) is 1.85. The normalized spacial score (nSPS) is 17.1. The van der Waals surface area contributed by atoms with Gasteiger partial charge in [-0.1, -0.05) is 24.3 Å². The third-order valence-corrected chi connectivity index (χ3v) is 3.92. The van der Waals surface area contributed by atoms with Crippen LogP contribution in [-0.2, 0) is 19.7 Å². The van der Waals surface area contributed by atoms with Gasteiger partial charge in [-0.25, -0.2) is 0 Å². The molecule has 1 aliphatic carbocycles. The molecule has 0 aromatic heterocycles. The van der Waals surface area contributed by atoms with Crippen LogP contribution in [0.2, 0.25) is 0 Å². The molecule has 108 valence electrons. The summed E-state index contributed by atoms with van der Waals surface area (Å²) in [6, 6.07) is 7.78. The highest BCUT2D eigenvalue weighted by atomic mass is 16.5. The fourth-order valence-corrected chi connectivity index (χ4v) is 2.60. The van der Waals surface area contributed by atoms with Gasteiger partial charge < -0.3 is 10.1 Å². The minimum absolute atomic E-state index is 0.0169. The lowest BCUT2D eigenvalue weighted by atomic mass is 9.91. The van der Waals surface area contributed by atoms with E-state index in [1.807, 2.05) is 38.1 Å². The second-order valence-corrected chi connectivity index (χ2v) is 5.55. The molecule has 0 heterocycles. The van der Waals surface area contributed by atoms with Gasteiger partial charge in [-0.05, 0) is 37.8 Å². The molecular formula is C16H21NO3. The second kappa shape index (κ2) is 5.65. The monoisotopic (exact) mass is 275 g/mol. The van der Waals surface area contributed by atoms with Crippen molar-refractivity contribution in [3.8, 4) is 0 Å². The van der Waals surface area contributed by atoms with E-state index in [-0.39, 0.29) is 24.3 Å². The summed E-state index contributed by atoms with van der Waals surface area (Å²) in [4.78, 5) is 23.7. The van der Waals surface area contributed by atoms with Crippen LogP contribution < -0.4 is 5.32 Å². The number of aryl methyl sites for hydroxylation is 1. The number of nitrogens with one attached hydrogen (secondary N) is 1. The molecule has 1 N–H and O–H groups in total. The highest BCUT2D eigenvalue weighted by Crippen LogP contribution is 2.49. The lowest BCUT2D eigenvalue weighted by Gasteiger charge is -2.21. The highest BCUT2D eigenvalue weighted by molar-refractivity contribution is 5.92. The summed E-state index contributed by atoms with van der Waals surface area (Å²) in [6.45, 7) is 3.85. The van der Waals surface area contributed by atoms with Gasteiger partial charge >= 0.3 is 5.97 Å². The van der Waals surface area contributed by atoms with E-state index in [4.69, 9.17) is 0 Å². The molecule has 0 spiro atoms. The maximum atomic E-state index is 12.5. The van der Waals surface area contributed by atoms with Gasteiger partial charge in [-0.15, -0.1) is 0 Å². The minimum Gasteiger partial charge on any atom is -0.469 e. The molecule has 4 heteroatoms. The smallest absolute Gasteiger partial charge is 0.307 e. The van der Waals surface area contributed by atoms with Crippen LogP contribution in [0.4, 0.5) is 0 Å². The molecule has 1 saturated carbocycles.